The summed E-state index contributed by atoms with van der Waals surface area (Å²) in [7, 11) is 1.62. The molecule has 0 radical (unpaired) electrons. The highest BCUT2D eigenvalue weighted by molar-refractivity contribution is 5.52. The van der Waals surface area contributed by atoms with Gasteiger partial charge in [0.25, 0.3) is 0 Å². The van der Waals surface area contributed by atoms with Crippen LogP contribution >= 0.6 is 0 Å². The molecular formula is C15H17NO2. The number of nitrogen functional groups attached to an aromatic ring is 1. The molecule has 0 saturated heterocycles. The van der Waals surface area contributed by atoms with Crippen LogP contribution in [0.3, 0.4) is 0 Å². The zero-order valence-electron chi connectivity index (χ0n) is 10.6. The Morgan fingerprint density at radius 2 is 1.72 bits per heavy atom. The van der Waals surface area contributed by atoms with E-state index >= 15 is 0 Å². The molecule has 0 amide bonds. The van der Waals surface area contributed by atoms with Crippen molar-refractivity contribution in [3.05, 3.63) is 54.1 Å². The second kappa shape index (κ2) is 5.45. The Bertz CT molecular complexity index is 511. The van der Waals surface area contributed by atoms with Crippen LogP contribution in [-0.2, 0) is 0 Å². The molecule has 3 heteroatoms. The summed E-state index contributed by atoms with van der Waals surface area (Å²) in [6.07, 6.45) is -0.0538. The molecule has 0 aliphatic heterocycles. The number of ether oxygens (including phenoxy) is 2. The summed E-state index contributed by atoms with van der Waals surface area (Å²) >= 11 is 0. The zero-order valence-corrected chi connectivity index (χ0v) is 10.6. The minimum absolute atomic E-state index is 0.0538. The van der Waals surface area contributed by atoms with Gasteiger partial charge in [-0.1, -0.05) is 30.3 Å². The number of methoxy groups -OCH3 is 1. The largest absolute Gasteiger partial charge is 0.493 e. The quantitative estimate of drug-likeness (QED) is 0.837. The highest BCUT2D eigenvalue weighted by Gasteiger charge is 2.11. The molecule has 94 valence electrons. The average molecular weight is 243 g/mol. The maximum absolute atomic E-state index is 5.90. The van der Waals surface area contributed by atoms with Gasteiger partial charge >= 0.3 is 0 Å². The lowest BCUT2D eigenvalue weighted by Gasteiger charge is -2.17. The van der Waals surface area contributed by atoms with Crippen molar-refractivity contribution in [1.82, 2.24) is 0 Å². The van der Waals surface area contributed by atoms with Gasteiger partial charge in [0.2, 0.25) is 0 Å². The van der Waals surface area contributed by atoms with E-state index in [0.29, 0.717) is 17.2 Å². The zero-order chi connectivity index (χ0) is 13.0. The summed E-state index contributed by atoms with van der Waals surface area (Å²) in [5, 5.41) is 0. The van der Waals surface area contributed by atoms with Crippen LogP contribution in [0.15, 0.2) is 48.5 Å². The second-order valence-corrected chi connectivity index (χ2v) is 4.08. The monoisotopic (exact) mass is 243 g/mol. The third kappa shape index (κ3) is 2.74. The van der Waals surface area contributed by atoms with Crippen LogP contribution in [0.25, 0.3) is 0 Å². The first-order chi connectivity index (χ1) is 8.70. The molecule has 2 aromatic carbocycles. The van der Waals surface area contributed by atoms with Crippen LogP contribution in [0.1, 0.15) is 18.6 Å². The van der Waals surface area contributed by atoms with Crippen molar-refractivity contribution in [3.8, 4) is 11.5 Å². The molecule has 2 rings (SSSR count). The molecule has 0 saturated carbocycles. The maximum atomic E-state index is 5.90. The summed E-state index contributed by atoms with van der Waals surface area (Å²) in [6.45, 7) is 2.00. The number of nitrogens with two attached hydrogens (primary N) is 1. The Labute approximate surface area is 107 Å². The van der Waals surface area contributed by atoms with E-state index in [9.17, 15) is 0 Å². The van der Waals surface area contributed by atoms with Gasteiger partial charge in [-0.15, -0.1) is 0 Å². The highest BCUT2D eigenvalue weighted by atomic mass is 16.5. The van der Waals surface area contributed by atoms with E-state index in [0.717, 1.165) is 5.56 Å². The summed E-state index contributed by atoms with van der Waals surface area (Å²) in [4.78, 5) is 0. The molecule has 0 aliphatic rings. The van der Waals surface area contributed by atoms with Gasteiger partial charge in [-0.3, -0.25) is 0 Å². The summed E-state index contributed by atoms with van der Waals surface area (Å²) in [5.74, 6) is 1.35. The molecule has 0 bridgehead atoms. The fraction of sp³-hybridized carbons (Fsp3) is 0.200. The molecule has 2 N–H and O–H groups in total. The number of anilines is 1. The minimum Gasteiger partial charge on any atom is -0.493 e. The Hall–Kier alpha value is -2.16. The average Bonchev–Trinajstić information content (AvgIpc) is 2.40. The third-order valence-electron chi connectivity index (χ3n) is 2.76. The molecular weight excluding hydrogens is 226 g/mol. The first-order valence-electron chi connectivity index (χ1n) is 5.86. The first-order valence-corrected chi connectivity index (χ1v) is 5.86. The Kier molecular flexibility index (Phi) is 3.72. The third-order valence-corrected chi connectivity index (χ3v) is 2.76. The molecule has 0 spiro atoms. The maximum Gasteiger partial charge on any atom is 0.164 e. The van der Waals surface area contributed by atoms with Crippen LogP contribution in [0.4, 0.5) is 5.69 Å². The van der Waals surface area contributed by atoms with Crippen LogP contribution in [-0.4, -0.2) is 7.11 Å². The van der Waals surface area contributed by atoms with E-state index < -0.39 is 0 Å². The van der Waals surface area contributed by atoms with Crippen LogP contribution in [0.2, 0.25) is 0 Å². The van der Waals surface area contributed by atoms with E-state index in [1.807, 2.05) is 43.3 Å². The topological polar surface area (TPSA) is 44.5 Å². The van der Waals surface area contributed by atoms with E-state index in [-0.39, 0.29) is 6.10 Å². The van der Waals surface area contributed by atoms with Gasteiger partial charge in [0.05, 0.1) is 7.11 Å². The molecule has 1 atom stereocenters. The van der Waals surface area contributed by atoms with Gasteiger partial charge in [-0.25, -0.2) is 0 Å². The summed E-state index contributed by atoms with van der Waals surface area (Å²) in [6, 6.07) is 15.4. The van der Waals surface area contributed by atoms with Crippen molar-refractivity contribution < 1.29 is 9.47 Å². The predicted molar refractivity (Wildman–Crippen MR) is 72.9 cm³/mol. The van der Waals surface area contributed by atoms with Gasteiger partial charge in [-0.2, -0.15) is 0 Å². The molecule has 0 aliphatic carbocycles. The van der Waals surface area contributed by atoms with Gasteiger partial charge in [0.1, 0.15) is 6.10 Å². The van der Waals surface area contributed by atoms with Gasteiger partial charge in [0, 0.05) is 11.8 Å². The Morgan fingerprint density at radius 3 is 2.39 bits per heavy atom. The molecule has 0 heterocycles. The summed E-state index contributed by atoms with van der Waals surface area (Å²) < 4.78 is 11.2. The van der Waals surface area contributed by atoms with Gasteiger partial charge < -0.3 is 15.2 Å². The molecule has 1 unspecified atom stereocenters. The van der Waals surface area contributed by atoms with Crippen molar-refractivity contribution in [2.45, 2.75) is 13.0 Å². The fourth-order valence-corrected chi connectivity index (χ4v) is 1.77. The molecule has 2 aromatic rings. The van der Waals surface area contributed by atoms with Crippen molar-refractivity contribution in [2.75, 3.05) is 12.8 Å². The second-order valence-electron chi connectivity index (χ2n) is 4.08. The van der Waals surface area contributed by atoms with Gasteiger partial charge in [-0.05, 0) is 24.6 Å². The van der Waals surface area contributed by atoms with E-state index in [1.54, 1.807) is 19.2 Å². The predicted octanol–water partition coefficient (Wildman–Crippen LogP) is 3.42. The van der Waals surface area contributed by atoms with Crippen molar-refractivity contribution in [1.29, 1.82) is 0 Å². The number of hydrogen-bond donors (Lipinski definition) is 1. The van der Waals surface area contributed by atoms with E-state index in [2.05, 4.69) is 0 Å². The molecule has 0 fully saturated rings. The number of benzene rings is 2. The summed E-state index contributed by atoms with van der Waals surface area (Å²) in [5.41, 5.74) is 7.53. The molecule has 3 nitrogen and oxygen atoms in total. The smallest absolute Gasteiger partial charge is 0.164 e. The Balaban J connectivity index is 2.21. The minimum atomic E-state index is -0.0538. The fourth-order valence-electron chi connectivity index (χ4n) is 1.77. The van der Waals surface area contributed by atoms with Crippen LogP contribution < -0.4 is 15.2 Å². The lowest BCUT2D eigenvalue weighted by Crippen LogP contribution is -2.04. The lowest BCUT2D eigenvalue weighted by molar-refractivity contribution is 0.216. The molecule has 18 heavy (non-hydrogen) atoms. The number of hydrogen-bond acceptors (Lipinski definition) is 3. The SMILES string of the molecule is COc1ccc(N)cc1OC(C)c1ccccc1. The standard InChI is InChI=1S/C15H17NO2/c1-11(12-6-4-3-5-7-12)18-15-10-13(16)8-9-14(15)17-2/h3-11H,16H2,1-2H3. The van der Waals surface area contributed by atoms with Crippen molar-refractivity contribution in [2.24, 2.45) is 0 Å². The number of rotatable bonds is 4. The lowest BCUT2D eigenvalue weighted by atomic mass is 10.1. The van der Waals surface area contributed by atoms with E-state index in [1.165, 1.54) is 0 Å². The normalized spacial score (nSPS) is 11.9. The Morgan fingerprint density at radius 1 is 1.00 bits per heavy atom. The van der Waals surface area contributed by atoms with Crippen molar-refractivity contribution >= 4 is 5.69 Å². The molecule has 0 aromatic heterocycles. The highest BCUT2D eigenvalue weighted by Crippen LogP contribution is 2.32. The van der Waals surface area contributed by atoms with Crippen LogP contribution in [0, 0.1) is 0 Å². The van der Waals surface area contributed by atoms with Gasteiger partial charge in [0.15, 0.2) is 11.5 Å². The van der Waals surface area contributed by atoms with Crippen molar-refractivity contribution in [3.63, 3.8) is 0 Å². The first kappa shape index (κ1) is 12.3. The van der Waals surface area contributed by atoms with Crippen LogP contribution in [0.5, 0.6) is 11.5 Å². The van der Waals surface area contributed by atoms with E-state index in [4.69, 9.17) is 15.2 Å².